The van der Waals surface area contributed by atoms with Crippen LogP contribution in [-0.4, -0.2) is 30.6 Å². The van der Waals surface area contributed by atoms with E-state index in [1.54, 1.807) is 0 Å². The molecule has 2 nitrogen and oxygen atoms in total. The van der Waals surface area contributed by atoms with Crippen LogP contribution in [-0.2, 0) is 0 Å². The molecule has 1 aromatic carbocycles. The Morgan fingerprint density at radius 1 is 1.15 bits per heavy atom. The largest absolute Gasteiger partial charge is 0.308 e. The first-order valence-corrected chi connectivity index (χ1v) is 8.37. The molecule has 2 heteroatoms. The Morgan fingerprint density at radius 3 is 2.65 bits per heavy atom. The van der Waals surface area contributed by atoms with Gasteiger partial charge in [-0.3, -0.25) is 4.90 Å². The summed E-state index contributed by atoms with van der Waals surface area (Å²) >= 11 is 0. The summed E-state index contributed by atoms with van der Waals surface area (Å²) in [7, 11) is 0. The first-order valence-electron chi connectivity index (χ1n) is 8.37. The number of benzene rings is 1. The molecule has 0 amide bonds. The van der Waals surface area contributed by atoms with Crippen LogP contribution in [0.3, 0.4) is 0 Å². The van der Waals surface area contributed by atoms with Crippen molar-refractivity contribution in [3.63, 3.8) is 0 Å². The summed E-state index contributed by atoms with van der Waals surface area (Å²) in [6, 6.07) is 12.2. The van der Waals surface area contributed by atoms with Crippen molar-refractivity contribution in [3.05, 3.63) is 35.9 Å². The van der Waals surface area contributed by atoms with Crippen LogP contribution in [0.25, 0.3) is 0 Å². The molecule has 0 aliphatic carbocycles. The van der Waals surface area contributed by atoms with Crippen molar-refractivity contribution >= 4 is 0 Å². The van der Waals surface area contributed by atoms with Gasteiger partial charge in [0.05, 0.1) is 0 Å². The maximum atomic E-state index is 3.68. The molecule has 2 rings (SSSR count). The molecule has 1 heterocycles. The van der Waals surface area contributed by atoms with Gasteiger partial charge in [-0.05, 0) is 18.4 Å². The van der Waals surface area contributed by atoms with Crippen LogP contribution >= 0.6 is 0 Å². The Kier molecular flexibility index (Phi) is 6.55. The highest BCUT2D eigenvalue weighted by Crippen LogP contribution is 2.22. The zero-order valence-corrected chi connectivity index (χ0v) is 13.1. The van der Waals surface area contributed by atoms with Crippen LogP contribution in [0.4, 0.5) is 0 Å². The number of nitrogens with zero attached hydrogens (tertiary/aromatic N) is 1. The number of piperazine rings is 1. The van der Waals surface area contributed by atoms with Crippen molar-refractivity contribution in [2.45, 2.75) is 58.0 Å². The van der Waals surface area contributed by atoms with Crippen molar-refractivity contribution < 1.29 is 0 Å². The van der Waals surface area contributed by atoms with Gasteiger partial charge in [0.15, 0.2) is 0 Å². The minimum absolute atomic E-state index is 0.505. The fraction of sp³-hybridized carbons (Fsp3) is 0.667. The van der Waals surface area contributed by atoms with Gasteiger partial charge in [0, 0.05) is 31.7 Å². The Labute approximate surface area is 124 Å². The normalized spacial score (nSPS) is 21.8. The molecule has 1 aliphatic rings. The summed E-state index contributed by atoms with van der Waals surface area (Å²) in [5.74, 6) is 0. The first-order chi connectivity index (χ1) is 9.85. The highest BCUT2D eigenvalue weighted by atomic mass is 15.2. The summed E-state index contributed by atoms with van der Waals surface area (Å²) in [6.45, 7) is 8.10. The standard InChI is InChI=1S/C18H30N2/c1-3-5-12-17(9-4-2)20-14-13-19-18(15-20)16-10-7-6-8-11-16/h6-8,10-11,17-19H,3-5,9,12-15H2,1-2H3. The number of hydrogen-bond acceptors (Lipinski definition) is 2. The molecule has 0 radical (unpaired) electrons. The van der Waals surface area contributed by atoms with E-state index in [4.69, 9.17) is 0 Å². The third kappa shape index (κ3) is 4.32. The summed E-state index contributed by atoms with van der Waals surface area (Å²) in [5.41, 5.74) is 1.43. The van der Waals surface area contributed by atoms with Crippen LogP contribution < -0.4 is 5.32 Å². The summed E-state index contributed by atoms with van der Waals surface area (Å²) in [4.78, 5) is 2.73. The molecule has 1 N–H and O–H groups in total. The maximum absolute atomic E-state index is 3.68. The topological polar surface area (TPSA) is 15.3 Å². The predicted molar refractivity (Wildman–Crippen MR) is 87.0 cm³/mol. The molecule has 1 saturated heterocycles. The van der Waals surface area contributed by atoms with E-state index >= 15 is 0 Å². The Hall–Kier alpha value is -0.860. The van der Waals surface area contributed by atoms with Crippen LogP contribution in [0, 0.1) is 0 Å². The molecule has 0 aromatic heterocycles. The molecular weight excluding hydrogens is 244 g/mol. The van der Waals surface area contributed by atoms with E-state index in [2.05, 4.69) is 54.4 Å². The van der Waals surface area contributed by atoms with E-state index in [-0.39, 0.29) is 0 Å². The van der Waals surface area contributed by atoms with Gasteiger partial charge in [-0.15, -0.1) is 0 Å². The van der Waals surface area contributed by atoms with Crippen molar-refractivity contribution in [2.24, 2.45) is 0 Å². The third-order valence-electron chi connectivity index (χ3n) is 4.44. The number of hydrogen-bond donors (Lipinski definition) is 1. The average molecular weight is 274 g/mol. The second-order valence-corrected chi connectivity index (χ2v) is 6.00. The quantitative estimate of drug-likeness (QED) is 0.808. The van der Waals surface area contributed by atoms with Crippen molar-refractivity contribution in [3.8, 4) is 0 Å². The number of nitrogens with one attached hydrogen (secondary N) is 1. The van der Waals surface area contributed by atoms with Gasteiger partial charge in [0.25, 0.3) is 0 Å². The second-order valence-electron chi connectivity index (χ2n) is 6.00. The lowest BCUT2D eigenvalue weighted by Crippen LogP contribution is -2.50. The SMILES string of the molecule is CCCCC(CCC)N1CCNC(c2ccccc2)C1. The minimum Gasteiger partial charge on any atom is -0.308 e. The Balaban J connectivity index is 1.97. The van der Waals surface area contributed by atoms with E-state index in [0.717, 1.165) is 12.6 Å². The highest BCUT2D eigenvalue weighted by molar-refractivity contribution is 5.19. The lowest BCUT2D eigenvalue weighted by atomic mass is 9.99. The summed E-state index contributed by atoms with van der Waals surface area (Å²) < 4.78 is 0. The molecule has 1 aliphatic heterocycles. The third-order valence-corrected chi connectivity index (χ3v) is 4.44. The summed E-state index contributed by atoms with van der Waals surface area (Å²) in [5, 5.41) is 3.68. The van der Waals surface area contributed by atoms with Gasteiger partial charge in [-0.25, -0.2) is 0 Å². The van der Waals surface area contributed by atoms with E-state index in [1.165, 1.54) is 50.8 Å². The smallest absolute Gasteiger partial charge is 0.0449 e. The molecule has 0 bridgehead atoms. The Morgan fingerprint density at radius 2 is 1.95 bits per heavy atom. The lowest BCUT2D eigenvalue weighted by Gasteiger charge is -2.39. The zero-order valence-electron chi connectivity index (χ0n) is 13.1. The van der Waals surface area contributed by atoms with Crippen LogP contribution in [0.15, 0.2) is 30.3 Å². The molecule has 2 atom stereocenters. The fourth-order valence-electron chi connectivity index (χ4n) is 3.30. The predicted octanol–water partition coefficient (Wildman–Crippen LogP) is 3.99. The molecule has 1 aromatic rings. The molecule has 20 heavy (non-hydrogen) atoms. The maximum Gasteiger partial charge on any atom is 0.0449 e. The van der Waals surface area contributed by atoms with Gasteiger partial charge in [0.2, 0.25) is 0 Å². The van der Waals surface area contributed by atoms with E-state index in [0.29, 0.717) is 6.04 Å². The first kappa shape index (κ1) is 15.5. The van der Waals surface area contributed by atoms with E-state index in [1.807, 2.05) is 0 Å². The molecular formula is C18H30N2. The molecule has 1 fully saturated rings. The van der Waals surface area contributed by atoms with Crippen LogP contribution in [0.1, 0.15) is 57.6 Å². The van der Waals surface area contributed by atoms with Gasteiger partial charge in [0.1, 0.15) is 0 Å². The highest BCUT2D eigenvalue weighted by Gasteiger charge is 2.25. The van der Waals surface area contributed by atoms with Crippen molar-refractivity contribution in [2.75, 3.05) is 19.6 Å². The molecule has 112 valence electrons. The molecule has 2 unspecified atom stereocenters. The van der Waals surface area contributed by atoms with Crippen LogP contribution in [0.5, 0.6) is 0 Å². The second kappa shape index (κ2) is 8.43. The number of unbranched alkanes of at least 4 members (excludes halogenated alkanes) is 1. The average Bonchev–Trinajstić information content (AvgIpc) is 2.52. The van der Waals surface area contributed by atoms with Gasteiger partial charge < -0.3 is 5.32 Å². The van der Waals surface area contributed by atoms with E-state index in [9.17, 15) is 0 Å². The molecule has 0 saturated carbocycles. The lowest BCUT2D eigenvalue weighted by molar-refractivity contribution is 0.128. The molecule has 0 spiro atoms. The number of rotatable bonds is 7. The van der Waals surface area contributed by atoms with Gasteiger partial charge in [-0.2, -0.15) is 0 Å². The van der Waals surface area contributed by atoms with E-state index < -0.39 is 0 Å². The van der Waals surface area contributed by atoms with Crippen molar-refractivity contribution in [1.82, 2.24) is 10.2 Å². The fourth-order valence-corrected chi connectivity index (χ4v) is 3.30. The zero-order chi connectivity index (χ0) is 14.2. The van der Waals surface area contributed by atoms with Gasteiger partial charge in [-0.1, -0.05) is 63.4 Å². The summed E-state index contributed by atoms with van der Waals surface area (Å²) in [6.07, 6.45) is 6.70. The van der Waals surface area contributed by atoms with Crippen LogP contribution in [0.2, 0.25) is 0 Å². The minimum atomic E-state index is 0.505. The van der Waals surface area contributed by atoms with Crippen molar-refractivity contribution in [1.29, 1.82) is 0 Å². The Bertz CT molecular complexity index is 363. The van der Waals surface area contributed by atoms with Gasteiger partial charge >= 0.3 is 0 Å². The monoisotopic (exact) mass is 274 g/mol.